The van der Waals surface area contributed by atoms with E-state index >= 15 is 0 Å². The van der Waals surface area contributed by atoms with Crippen molar-refractivity contribution in [1.82, 2.24) is 0 Å². The Morgan fingerprint density at radius 2 is 1.16 bits per heavy atom. The number of esters is 2. The Labute approximate surface area is 305 Å². The van der Waals surface area contributed by atoms with Crippen LogP contribution in [0.3, 0.4) is 0 Å². The van der Waals surface area contributed by atoms with Gasteiger partial charge in [-0.1, -0.05) is 155 Å². The van der Waals surface area contributed by atoms with Crippen LogP contribution in [0.5, 0.6) is 0 Å². The number of aliphatic hydroxyl groups is 3. The van der Waals surface area contributed by atoms with Crippen molar-refractivity contribution in [2.24, 2.45) is 17.8 Å². The minimum absolute atomic E-state index is 0.0364. The van der Waals surface area contributed by atoms with Crippen LogP contribution in [0.25, 0.3) is 0 Å². The Kier molecular flexibility index (Phi) is 28.5. The number of allylic oxidation sites excluding steroid dienone is 1. The van der Waals surface area contributed by atoms with Crippen LogP contribution in [0.15, 0.2) is 12.2 Å². The summed E-state index contributed by atoms with van der Waals surface area (Å²) >= 11 is 0. The van der Waals surface area contributed by atoms with Crippen LogP contribution in [-0.4, -0.2) is 64.6 Å². The molecule has 0 radical (unpaired) electrons. The summed E-state index contributed by atoms with van der Waals surface area (Å²) in [4.78, 5) is 36.5. The maximum absolute atomic E-state index is 12.4. The van der Waals surface area contributed by atoms with Crippen LogP contribution in [0.4, 0.5) is 0 Å². The molecule has 292 valence electrons. The molecule has 1 rings (SSSR count). The normalized spacial score (nSPS) is 19.0. The third kappa shape index (κ3) is 25.2. The van der Waals surface area contributed by atoms with Gasteiger partial charge in [0, 0.05) is 25.2 Å². The highest BCUT2D eigenvalue weighted by Gasteiger charge is 2.39. The van der Waals surface area contributed by atoms with E-state index in [9.17, 15) is 29.7 Å². The number of carbonyl (C=O) groups is 3. The predicted octanol–water partition coefficient (Wildman–Crippen LogP) is 9.35. The molecule has 0 aromatic rings. The zero-order valence-electron chi connectivity index (χ0n) is 32.3. The molecule has 0 aromatic heterocycles. The van der Waals surface area contributed by atoms with Crippen LogP contribution in [0.1, 0.15) is 188 Å². The van der Waals surface area contributed by atoms with E-state index in [4.69, 9.17) is 9.47 Å². The highest BCUT2D eigenvalue weighted by atomic mass is 16.6. The van der Waals surface area contributed by atoms with Crippen molar-refractivity contribution < 1.29 is 39.2 Å². The Bertz CT molecular complexity index is 887. The number of aliphatic hydroxyl groups excluding tert-OH is 3. The quantitative estimate of drug-likeness (QED) is 0.0349. The number of rotatable bonds is 33. The van der Waals surface area contributed by atoms with Crippen molar-refractivity contribution in [3.63, 3.8) is 0 Å². The first-order valence-corrected chi connectivity index (χ1v) is 20.7. The van der Waals surface area contributed by atoms with Gasteiger partial charge in [-0.2, -0.15) is 0 Å². The second kappa shape index (κ2) is 30.8. The minimum atomic E-state index is -1.03. The van der Waals surface area contributed by atoms with E-state index in [-0.39, 0.29) is 55.6 Å². The largest absolute Gasteiger partial charge is 0.463 e. The van der Waals surface area contributed by atoms with E-state index < -0.39 is 18.3 Å². The van der Waals surface area contributed by atoms with E-state index in [1.165, 1.54) is 70.6 Å². The molecule has 5 atom stereocenters. The van der Waals surface area contributed by atoms with Crippen molar-refractivity contribution in [3.05, 3.63) is 12.2 Å². The molecule has 0 saturated heterocycles. The third-order valence-electron chi connectivity index (χ3n) is 10.1. The highest BCUT2D eigenvalue weighted by Crippen LogP contribution is 2.34. The first kappa shape index (κ1) is 46.3. The molecule has 1 saturated carbocycles. The van der Waals surface area contributed by atoms with Gasteiger partial charge in [0.05, 0.1) is 12.2 Å². The number of hydrogen-bond donors (Lipinski definition) is 3. The fourth-order valence-electron chi connectivity index (χ4n) is 6.88. The summed E-state index contributed by atoms with van der Waals surface area (Å²) in [5, 5.41) is 30.7. The standard InChI is InChI=1S/C42H76O8/c1-4-5-19-25-35(43)29-30-38-37(39(45)31-40(38)46)26-21-17-18-23-28-42(48)50-33-36(44)32-49-41(47)27-22-16-14-12-10-8-6-7-9-11-13-15-20-24-34(2)3/h29-30,34-39,43-45H,4-28,31-33H2,1-3H3/b30-29+/t35-,36+,37+,38+,39-/m0/s1. The molecular formula is C42H76O8. The third-order valence-corrected chi connectivity index (χ3v) is 10.1. The highest BCUT2D eigenvalue weighted by molar-refractivity contribution is 5.86. The summed E-state index contributed by atoms with van der Waals surface area (Å²) in [6.07, 6.45) is 27.4. The van der Waals surface area contributed by atoms with Gasteiger partial charge < -0.3 is 24.8 Å². The molecule has 1 aliphatic rings. The Hall–Kier alpha value is -1.77. The number of Topliss-reactive ketones (excluding diaryl/α,β-unsaturated/α-hetero) is 1. The van der Waals surface area contributed by atoms with Crippen molar-refractivity contribution in [3.8, 4) is 0 Å². The lowest BCUT2D eigenvalue weighted by molar-refractivity contribution is -0.152. The van der Waals surface area contributed by atoms with Gasteiger partial charge in [-0.25, -0.2) is 0 Å². The number of ether oxygens (including phenoxy) is 2. The zero-order valence-corrected chi connectivity index (χ0v) is 32.3. The van der Waals surface area contributed by atoms with E-state index in [1.807, 2.05) is 0 Å². The second-order valence-electron chi connectivity index (χ2n) is 15.4. The molecule has 0 unspecified atom stereocenters. The maximum Gasteiger partial charge on any atom is 0.305 e. The summed E-state index contributed by atoms with van der Waals surface area (Å²) in [5.74, 6) is -0.312. The fraction of sp³-hybridized carbons (Fsp3) is 0.881. The lowest BCUT2D eigenvalue weighted by atomic mass is 9.88. The average Bonchev–Trinajstić information content (AvgIpc) is 3.35. The molecule has 8 heteroatoms. The van der Waals surface area contributed by atoms with Crippen LogP contribution < -0.4 is 0 Å². The van der Waals surface area contributed by atoms with Gasteiger partial charge >= 0.3 is 11.9 Å². The van der Waals surface area contributed by atoms with Crippen LogP contribution in [0, 0.1) is 17.8 Å². The average molecular weight is 709 g/mol. The van der Waals surface area contributed by atoms with Crippen molar-refractivity contribution >= 4 is 17.7 Å². The molecule has 1 aliphatic carbocycles. The van der Waals surface area contributed by atoms with Crippen LogP contribution in [-0.2, 0) is 23.9 Å². The molecule has 0 bridgehead atoms. The van der Waals surface area contributed by atoms with E-state index in [2.05, 4.69) is 20.8 Å². The smallest absolute Gasteiger partial charge is 0.305 e. The van der Waals surface area contributed by atoms with Crippen molar-refractivity contribution in [2.75, 3.05) is 13.2 Å². The summed E-state index contributed by atoms with van der Waals surface area (Å²) in [6, 6.07) is 0. The number of carbonyl (C=O) groups excluding carboxylic acids is 3. The summed E-state index contributed by atoms with van der Waals surface area (Å²) in [6.45, 7) is 6.35. The maximum atomic E-state index is 12.4. The molecule has 0 aliphatic heterocycles. The molecule has 0 amide bonds. The molecule has 0 aromatic carbocycles. The number of hydrogen-bond acceptors (Lipinski definition) is 8. The molecule has 0 spiro atoms. The molecule has 3 N–H and O–H groups in total. The van der Waals surface area contributed by atoms with Gasteiger partial charge in [-0.3, -0.25) is 14.4 Å². The fourth-order valence-corrected chi connectivity index (χ4v) is 6.88. The molecule has 0 heterocycles. The van der Waals surface area contributed by atoms with Crippen LogP contribution >= 0.6 is 0 Å². The molecule has 1 fully saturated rings. The van der Waals surface area contributed by atoms with Gasteiger partial charge in [0.15, 0.2) is 0 Å². The predicted molar refractivity (Wildman–Crippen MR) is 202 cm³/mol. The topological polar surface area (TPSA) is 130 Å². The SMILES string of the molecule is CCCCC[C@H](O)/C=C/[C@H]1C(=O)C[C@H](O)[C@@H]1CCCCCCC(=O)OC[C@H](O)COC(=O)CCCCCCCCCCCCCCCC(C)C. The summed E-state index contributed by atoms with van der Waals surface area (Å²) < 4.78 is 10.3. The van der Waals surface area contributed by atoms with Crippen molar-refractivity contribution in [2.45, 2.75) is 206 Å². The minimum Gasteiger partial charge on any atom is -0.463 e. The lowest BCUT2D eigenvalue weighted by Gasteiger charge is -2.19. The molecule has 50 heavy (non-hydrogen) atoms. The van der Waals surface area contributed by atoms with Gasteiger partial charge in [-0.15, -0.1) is 0 Å². The zero-order chi connectivity index (χ0) is 36.8. The second-order valence-corrected chi connectivity index (χ2v) is 15.4. The van der Waals surface area contributed by atoms with Gasteiger partial charge in [0.1, 0.15) is 25.1 Å². The Balaban J connectivity index is 1.99. The molecular weight excluding hydrogens is 632 g/mol. The first-order valence-electron chi connectivity index (χ1n) is 20.7. The monoisotopic (exact) mass is 709 g/mol. The van der Waals surface area contributed by atoms with Gasteiger partial charge in [0.2, 0.25) is 0 Å². The van der Waals surface area contributed by atoms with E-state index in [0.717, 1.165) is 70.1 Å². The Morgan fingerprint density at radius 1 is 0.700 bits per heavy atom. The van der Waals surface area contributed by atoms with Crippen molar-refractivity contribution in [1.29, 1.82) is 0 Å². The van der Waals surface area contributed by atoms with Gasteiger partial charge in [0.25, 0.3) is 0 Å². The lowest BCUT2D eigenvalue weighted by Crippen LogP contribution is -2.25. The van der Waals surface area contributed by atoms with Crippen LogP contribution in [0.2, 0.25) is 0 Å². The summed E-state index contributed by atoms with van der Waals surface area (Å²) in [7, 11) is 0. The summed E-state index contributed by atoms with van der Waals surface area (Å²) in [5.41, 5.74) is 0. The van der Waals surface area contributed by atoms with E-state index in [1.54, 1.807) is 12.2 Å². The molecule has 8 nitrogen and oxygen atoms in total. The Morgan fingerprint density at radius 3 is 1.66 bits per heavy atom. The number of unbranched alkanes of at least 4 members (excludes halogenated alkanes) is 17. The van der Waals surface area contributed by atoms with Gasteiger partial charge in [-0.05, 0) is 37.5 Å². The first-order chi connectivity index (χ1) is 24.1. The number of ketones is 1. The van der Waals surface area contributed by atoms with E-state index in [0.29, 0.717) is 19.3 Å².